The Kier molecular flexibility index (Phi) is 6.11. The zero-order valence-electron chi connectivity index (χ0n) is 16.3. The summed E-state index contributed by atoms with van der Waals surface area (Å²) in [5.74, 6) is 1.45. The van der Waals surface area contributed by atoms with Crippen LogP contribution in [0.3, 0.4) is 0 Å². The van der Waals surface area contributed by atoms with E-state index >= 15 is 0 Å². The van der Waals surface area contributed by atoms with Gasteiger partial charge in [0.25, 0.3) is 5.56 Å². The molecule has 2 aromatic heterocycles. The lowest BCUT2D eigenvalue weighted by atomic mass is 10.2. The van der Waals surface area contributed by atoms with Gasteiger partial charge in [-0.05, 0) is 36.6 Å². The van der Waals surface area contributed by atoms with Crippen LogP contribution in [0.5, 0.6) is 0 Å². The second-order valence-electron chi connectivity index (χ2n) is 7.06. The Labute approximate surface area is 186 Å². The number of benzene rings is 1. The fourth-order valence-corrected chi connectivity index (χ4v) is 5.14. The largest absolute Gasteiger partial charge is 0.310 e. The maximum Gasteiger partial charge on any atom is 0.269 e. The van der Waals surface area contributed by atoms with E-state index in [4.69, 9.17) is 0 Å². The molecule has 8 heteroatoms. The van der Waals surface area contributed by atoms with E-state index in [2.05, 4.69) is 38.8 Å². The van der Waals surface area contributed by atoms with Crippen molar-refractivity contribution in [3.05, 3.63) is 78.2 Å². The second-order valence-corrected chi connectivity index (χ2v) is 9.01. The van der Waals surface area contributed by atoms with Crippen LogP contribution in [0.15, 0.2) is 46.2 Å². The van der Waals surface area contributed by atoms with Gasteiger partial charge in [-0.2, -0.15) is 5.26 Å². The highest BCUT2D eigenvalue weighted by atomic mass is 79.9. The fourth-order valence-electron chi connectivity index (χ4n) is 3.61. The van der Waals surface area contributed by atoms with E-state index in [-0.39, 0.29) is 5.56 Å². The van der Waals surface area contributed by atoms with Crippen LogP contribution >= 0.6 is 27.3 Å². The van der Waals surface area contributed by atoms with Gasteiger partial charge in [-0.25, -0.2) is 0 Å². The Bertz CT molecular complexity index is 1320. The highest BCUT2D eigenvalue weighted by Gasteiger charge is 2.20. The smallest absolute Gasteiger partial charge is 0.269 e. The van der Waals surface area contributed by atoms with Crippen LogP contribution < -0.4 is 14.8 Å². The van der Waals surface area contributed by atoms with Gasteiger partial charge >= 0.3 is 0 Å². The first-order valence-corrected chi connectivity index (χ1v) is 11.4. The van der Waals surface area contributed by atoms with Crippen LogP contribution in [0.25, 0.3) is 11.6 Å². The first kappa shape index (κ1) is 20.5. The molecule has 0 N–H and O–H groups in total. The number of hydrogen-bond acceptors (Lipinski definition) is 5. The van der Waals surface area contributed by atoms with Gasteiger partial charge in [0, 0.05) is 24.0 Å². The summed E-state index contributed by atoms with van der Waals surface area (Å²) in [6.07, 6.45) is 7.61. The van der Waals surface area contributed by atoms with Gasteiger partial charge in [-0.15, -0.1) is 28.1 Å². The highest BCUT2D eigenvalue weighted by molar-refractivity contribution is 9.10. The molecule has 3 aromatic rings. The highest BCUT2D eigenvalue weighted by Crippen LogP contribution is 2.18. The first-order valence-electron chi connectivity index (χ1n) is 9.77. The van der Waals surface area contributed by atoms with Crippen LogP contribution in [0.4, 0.5) is 0 Å². The zero-order chi connectivity index (χ0) is 21.1. The van der Waals surface area contributed by atoms with Crippen molar-refractivity contribution < 1.29 is 0 Å². The van der Waals surface area contributed by atoms with Crippen molar-refractivity contribution in [2.45, 2.75) is 38.8 Å². The summed E-state index contributed by atoms with van der Waals surface area (Å²) in [5.41, 5.74) is 1.15. The third kappa shape index (κ3) is 3.95. The molecule has 4 rings (SSSR count). The van der Waals surface area contributed by atoms with Crippen molar-refractivity contribution in [3.8, 4) is 6.07 Å². The summed E-state index contributed by atoms with van der Waals surface area (Å²) in [6, 6.07) is 10.0. The lowest BCUT2D eigenvalue weighted by Gasteiger charge is -2.06. The quantitative estimate of drug-likeness (QED) is 0.536. The molecule has 0 saturated heterocycles. The molecule has 0 radical (unpaired) electrons. The van der Waals surface area contributed by atoms with Crippen molar-refractivity contribution in [1.29, 1.82) is 5.26 Å². The summed E-state index contributed by atoms with van der Waals surface area (Å²) in [5, 5.41) is 18.7. The van der Waals surface area contributed by atoms with Crippen molar-refractivity contribution in [2.75, 3.05) is 0 Å². The number of aryl methyl sites for hydroxylation is 1. The van der Waals surface area contributed by atoms with Crippen molar-refractivity contribution in [3.63, 3.8) is 0 Å². The average Bonchev–Trinajstić information content (AvgIpc) is 3.15. The summed E-state index contributed by atoms with van der Waals surface area (Å²) >= 11 is 4.77. The molecule has 1 aliphatic rings. The van der Waals surface area contributed by atoms with E-state index in [1.807, 2.05) is 34.9 Å². The van der Waals surface area contributed by atoms with E-state index in [9.17, 15) is 10.1 Å². The molecule has 0 fully saturated rings. The second kappa shape index (κ2) is 8.94. The molecule has 0 amide bonds. The molecule has 0 aliphatic carbocycles. The van der Waals surface area contributed by atoms with Crippen LogP contribution in [0, 0.1) is 11.3 Å². The number of nitriles is 1. The summed E-state index contributed by atoms with van der Waals surface area (Å²) in [6.45, 7) is 4.89. The number of halogens is 1. The van der Waals surface area contributed by atoms with Crippen LogP contribution in [-0.4, -0.2) is 19.3 Å². The molecule has 0 unspecified atom stereocenters. The number of thiazole rings is 1. The molecule has 0 saturated carbocycles. The minimum absolute atomic E-state index is 0.141. The number of nitrogens with zero attached hydrogens (tertiary/aromatic N) is 5. The predicted molar refractivity (Wildman–Crippen MR) is 121 cm³/mol. The minimum Gasteiger partial charge on any atom is -0.310 e. The van der Waals surface area contributed by atoms with Crippen molar-refractivity contribution >= 4 is 38.9 Å². The molecule has 6 nitrogen and oxygen atoms in total. The fraction of sp³-hybridized carbons (Fsp3) is 0.273. The molecular formula is C22H20BrN5OS. The van der Waals surface area contributed by atoms with E-state index in [1.165, 1.54) is 11.3 Å². The van der Waals surface area contributed by atoms with Gasteiger partial charge < -0.3 is 4.57 Å². The van der Waals surface area contributed by atoms with E-state index in [1.54, 1.807) is 10.6 Å². The first-order chi connectivity index (χ1) is 14.6. The Morgan fingerprint density at radius 1 is 1.33 bits per heavy atom. The summed E-state index contributed by atoms with van der Waals surface area (Å²) < 4.78 is 5.72. The van der Waals surface area contributed by atoms with E-state index in [0.717, 1.165) is 48.1 Å². The van der Waals surface area contributed by atoms with Gasteiger partial charge in [0.15, 0.2) is 5.82 Å². The monoisotopic (exact) mass is 481 g/mol. The topological polar surface area (TPSA) is 76.5 Å². The number of hydrogen-bond donors (Lipinski definition) is 0. The van der Waals surface area contributed by atoms with Gasteiger partial charge in [0.2, 0.25) is 0 Å². The SMILES string of the molecule is C=CCn1c(=O)/c(=C/c2cccc(Br)c2)s/c1=C(\C#N)c1nnc2n1CCCCC2. The van der Waals surface area contributed by atoms with Crippen LogP contribution in [0.1, 0.15) is 36.5 Å². The Balaban J connectivity index is 1.98. The van der Waals surface area contributed by atoms with Crippen LogP contribution in [-0.2, 0) is 19.5 Å². The molecule has 1 aromatic carbocycles. The number of rotatable bonds is 4. The molecular weight excluding hydrogens is 462 g/mol. The number of allylic oxidation sites excluding steroid dienone is 1. The van der Waals surface area contributed by atoms with Gasteiger partial charge in [-0.3, -0.25) is 9.36 Å². The Hall–Kier alpha value is -2.76. The Morgan fingerprint density at radius 3 is 2.97 bits per heavy atom. The van der Waals surface area contributed by atoms with E-state index in [0.29, 0.717) is 27.1 Å². The third-order valence-electron chi connectivity index (χ3n) is 5.02. The molecule has 152 valence electrons. The third-order valence-corrected chi connectivity index (χ3v) is 6.65. The number of fused-ring (bicyclic) bond motifs is 1. The zero-order valence-corrected chi connectivity index (χ0v) is 18.7. The normalized spacial score (nSPS) is 15.3. The van der Waals surface area contributed by atoms with E-state index < -0.39 is 0 Å². The predicted octanol–water partition coefficient (Wildman–Crippen LogP) is 2.73. The maximum atomic E-state index is 13.1. The van der Waals surface area contributed by atoms with Crippen LogP contribution in [0.2, 0.25) is 0 Å². The number of aromatic nitrogens is 4. The average molecular weight is 482 g/mol. The maximum absolute atomic E-state index is 13.1. The molecule has 0 atom stereocenters. The molecule has 3 heterocycles. The van der Waals surface area contributed by atoms with Gasteiger partial charge in [0.1, 0.15) is 22.1 Å². The van der Waals surface area contributed by atoms with Crippen molar-refractivity contribution in [1.82, 2.24) is 19.3 Å². The molecule has 0 spiro atoms. The lowest BCUT2D eigenvalue weighted by molar-refractivity contribution is 0.626. The van der Waals surface area contributed by atoms with Gasteiger partial charge in [-0.1, -0.05) is 40.6 Å². The molecule has 1 aliphatic heterocycles. The minimum atomic E-state index is -0.141. The molecule has 30 heavy (non-hydrogen) atoms. The molecule has 0 bridgehead atoms. The Morgan fingerprint density at radius 2 is 2.20 bits per heavy atom. The van der Waals surface area contributed by atoms with Gasteiger partial charge in [0.05, 0.1) is 4.53 Å². The summed E-state index contributed by atoms with van der Waals surface area (Å²) in [4.78, 5) is 13.1. The standard InChI is InChI=1S/C22H20BrN5OS/c1-2-10-28-21(29)18(13-15-7-6-8-16(23)12-15)30-22(28)17(14-24)20-26-25-19-9-4-3-5-11-27(19)20/h2,6-8,12-13H,1,3-5,9-11H2/b18-13-,22-17+. The lowest BCUT2D eigenvalue weighted by Crippen LogP contribution is -2.32. The van der Waals surface area contributed by atoms with Crippen molar-refractivity contribution in [2.24, 2.45) is 0 Å². The summed E-state index contributed by atoms with van der Waals surface area (Å²) in [7, 11) is 0.